The average Bonchev–Trinajstić information content (AvgIpc) is 2.54. The van der Waals surface area contributed by atoms with E-state index in [2.05, 4.69) is 14.7 Å². The van der Waals surface area contributed by atoms with Gasteiger partial charge >= 0.3 is 11.9 Å². The van der Waals surface area contributed by atoms with Gasteiger partial charge in [-0.1, -0.05) is 6.92 Å². The summed E-state index contributed by atoms with van der Waals surface area (Å²) in [6, 6.07) is 0. The molecule has 7 heteroatoms. The van der Waals surface area contributed by atoms with Crippen molar-refractivity contribution in [3.05, 3.63) is 18.1 Å². The number of ether oxygens (including phenoxy) is 1. The van der Waals surface area contributed by atoms with Crippen molar-refractivity contribution in [3.8, 4) is 0 Å². The van der Waals surface area contributed by atoms with Gasteiger partial charge in [0.15, 0.2) is 5.69 Å². The number of carboxylic acid groups (broad SMARTS) is 1. The van der Waals surface area contributed by atoms with Crippen molar-refractivity contribution in [3.63, 3.8) is 0 Å². The number of hydrogen-bond donors (Lipinski definition) is 1. The third kappa shape index (κ3) is 2.96. The highest BCUT2D eigenvalue weighted by atomic mass is 16.5. The van der Waals surface area contributed by atoms with Crippen LogP contribution in [-0.2, 0) is 9.53 Å². The number of methoxy groups -OCH3 is 1. The lowest BCUT2D eigenvalue weighted by Gasteiger charge is -2.39. The van der Waals surface area contributed by atoms with Crippen molar-refractivity contribution in [2.75, 3.05) is 25.1 Å². The number of aromatic nitrogens is 2. The zero-order chi connectivity index (χ0) is 15.5. The Kier molecular flexibility index (Phi) is 4.40. The minimum absolute atomic E-state index is 0.123. The summed E-state index contributed by atoms with van der Waals surface area (Å²) in [6.07, 6.45) is 4.86. The highest BCUT2D eigenvalue weighted by Crippen LogP contribution is 2.35. The third-order valence-electron chi connectivity index (χ3n) is 4.05. The molecule has 0 bridgehead atoms. The molecule has 0 saturated carbocycles. The molecule has 0 aliphatic carbocycles. The number of aliphatic carboxylic acids is 1. The van der Waals surface area contributed by atoms with Crippen LogP contribution in [0.2, 0.25) is 0 Å². The highest BCUT2D eigenvalue weighted by Gasteiger charge is 2.41. The zero-order valence-electron chi connectivity index (χ0n) is 12.2. The van der Waals surface area contributed by atoms with E-state index < -0.39 is 17.4 Å². The summed E-state index contributed by atoms with van der Waals surface area (Å²) in [7, 11) is 1.28. The largest absolute Gasteiger partial charge is 0.481 e. The standard InChI is InChI=1S/C14H19N3O4/c1-3-14(13(19)20)5-4-6-17(9-14)11-8-15-7-10(16-11)12(18)21-2/h7-8H,3-6,9H2,1-2H3,(H,19,20). The fourth-order valence-electron chi connectivity index (χ4n) is 2.65. The number of carbonyl (C=O) groups excluding carboxylic acids is 1. The van der Waals surface area contributed by atoms with Gasteiger partial charge in [-0.3, -0.25) is 9.78 Å². The van der Waals surface area contributed by atoms with E-state index >= 15 is 0 Å². The average molecular weight is 293 g/mol. The number of esters is 1. The van der Waals surface area contributed by atoms with Gasteiger partial charge in [-0.05, 0) is 19.3 Å². The smallest absolute Gasteiger partial charge is 0.358 e. The molecular formula is C14H19N3O4. The number of anilines is 1. The minimum atomic E-state index is -0.785. The molecule has 0 amide bonds. The summed E-state index contributed by atoms with van der Waals surface area (Å²) in [5, 5.41) is 9.50. The molecule has 21 heavy (non-hydrogen) atoms. The lowest BCUT2D eigenvalue weighted by molar-refractivity contribution is -0.149. The predicted molar refractivity (Wildman–Crippen MR) is 75.2 cm³/mol. The lowest BCUT2D eigenvalue weighted by Crippen LogP contribution is -2.48. The Morgan fingerprint density at radius 3 is 2.86 bits per heavy atom. The molecule has 1 atom stereocenters. The fraction of sp³-hybridized carbons (Fsp3) is 0.571. The molecule has 1 aliphatic heterocycles. The van der Waals surface area contributed by atoms with Crippen LogP contribution in [0.5, 0.6) is 0 Å². The number of rotatable bonds is 4. The quantitative estimate of drug-likeness (QED) is 0.837. The van der Waals surface area contributed by atoms with Gasteiger partial charge in [0.25, 0.3) is 0 Å². The fourth-order valence-corrected chi connectivity index (χ4v) is 2.65. The highest BCUT2D eigenvalue weighted by molar-refractivity contribution is 5.87. The molecule has 1 saturated heterocycles. The summed E-state index contributed by atoms with van der Waals surface area (Å²) in [5.41, 5.74) is -0.640. The van der Waals surface area contributed by atoms with Crippen LogP contribution in [0.4, 0.5) is 5.82 Å². The normalized spacial score (nSPS) is 21.9. The summed E-state index contributed by atoms with van der Waals surface area (Å²) in [4.78, 5) is 33.2. The van der Waals surface area contributed by atoms with Gasteiger partial charge in [-0.25, -0.2) is 9.78 Å². The monoisotopic (exact) mass is 293 g/mol. The van der Waals surface area contributed by atoms with Crippen LogP contribution in [0.25, 0.3) is 0 Å². The van der Waals surface area contributed by atoms with Crippen molar-refractivity contribution >= 4 is 17.8 Å². The molecule has 0 aromatic carbocycles. The van der Waals surface area contributed by atoms with Crippen molar-refractivity contribution in [2.24, 2.45) is 5.41 Å². The molecule has 2 heterocycles. The Morgan fingerprint density at radius 1 is 1.48 bits per heavy atom. The van der Waals surface area contributed by atoms with Crippen LogP contribution in [0.3, 0.4) is 0 Å². The zero-order valence-corrected chi connectivity index (χ0v) is 12.2. The van der Waals surface area contributed by atoms with E-state index in [1.165, 1.54) is 13.3 Å². The van der Waals surface area contributed by atoms with Crippen molar-refractivity contribution in [1.82, 2.24) is 9.97 Å². The Bertz CT molecular complexity index is 549. The maximum atomic E-state index is 11.6. The van der Waals surface area contributed by atoms with Gasteiger partial charge in [0.05, 0.1) is 24.9 Å². The maximum absolute atomic E-state index is 11.6. The van der Waals surface area contributed by atoms with E-state index in [4.69, 9.17) is 0 Å². The van der Waals surface area contributed by atoms with Crippen LogP contribution in [0.1, 0.15) is 36.7 Å². The predicted octanol–water partition coefficient (Wildman–Crippen LogP) is 1.34. The molecule has 1 unspecified atom stereocenters. The number of piperidine rings is 1. The van der Waals surface area contributed by atoms with Crippen molar-refractivity contribution in [2.45, 2.75) is 26.2 Å². The Balaban J connectivity index is 2.26. The minimum Gasteiger partial charge on any atom is -0.481 e. The van der Waals surface area contributed by atoms with Crippen LogP contribution >= 0.6 is 0 Å². The Morgan fingerprint density at radius 2 is 2.24 bits per heavy atom. The molecule has 1 aromatic rings. The van der Waals surface area contributed by atoms with Crippen LogP contribution in [0.15, 0.2) is 12.4 Å². The van der Waals surface area contributed by atoms with Crippen LogP contribution in [-0.4, -0.2) is 47.2 Å². The first kappa shape index (κ1) is 15.2. The van der Waals surface area contributed by atoms with E-state index in [1.54, 1.807) is 6.20 Å². The lowest BCUT2D eigenvalue weighted by atomic mass is 9.77. The van der Waals surface area contributed by atoms with Gasteiger partial charge in [0.2, 0.25) is 0 Å². The second kappa shape index (κ2) is 6.07. The van der Waals surface area contributed by atoms with E-state index in [-0.39, 0.29) is 5.69 Å². The van der Waals surface area contributed by atoms with Gasteiger partial charge in [-0.15, -0.1) is 0 Å². The van der Waals surface area contributed by atoms with Gasteiger partial charge < -0.3 is 14.7 Å². The van der Waals surface area contributed by atoms with E-state index in [0.717, 1.165) is 6.42 Å². The van der Waals surface area contributed by atoms with Crippen LogP contribution < -0.4 is 4.90 Å². The first-order chi connectivity index (χ1) is 10.0. The molecule has 1 fully saturated rings. The van der Waals surface area contributed by atoms with Gasteiger partial charge in [0, 0.05) is 13.1 Å². The molecule has 0 radical (unpaired) electrons. The van der Waals surface area contributed by atoms with Crippen LogP contribution in [0, 0.1) is 5.41 Å². The molecule has 2 rings (SSSR count). The maximum Gasteiger partial charge on any atom is 0.358 e. The van der Waals surface area contributed by atoms with Crippen molar-refractivity contribution in [1.29, 1.82) is 0 Å². The summed E-state index contributed by atoms with van der Waals surface area (Å²) in [6.45, 7) is 2.96. The topological polar surface area (TPSA) is 92.6 Å². The van der Waals surface area contributed by atoms with E-state index in [0.29, 0.717) is 31.7 Å². The number of hydrogen-bond acceptors (Lipinski definition) is 6. The Labute approximate surface area is 123 Å². The molecule has 1 N–H and O–H groups in total. The summed E-state index contributed by atoms with van der Waals surface area (Å²) >= 11 is 0. The SMILES string of the molecule is CCC1(C(=O)O)CCCN(c2cncc(C(=O)OC)n2)C1. The molecule has 1 aromatic heterocycles. The molecule has 7 nitrogen and oxygen atoms in total. The molecule has 0 spiro atoms. The summed E-state index contributed by atoms with van der Waals surface area (Å²) < 4.78 is 4.62. The molecular weight excluding hydrogens is 274 g/mol. The summed E-state index contributed by atoms with van der Waals surface area (Å²) in [5.74, 6) is -0.829. The first-order valence-corrected chi connectivity index (χ1v) is 6.91. The van der Waals surface area contributed by atoms with Crippen molar-refractivity contribution < 1.29 is 19.4 Å². The van der Waals surface area contributed by atoms with E-state index in [1.807, 2.05) is 11.8 Å². The number of carboxylic acids is 1. The molecule has 114 valence electrons. The third-order valence-corrected chi connectivity index (χ3v) is 4.05. The second-order valence-corrected chi connectivity index (χ2v) is 5.22. The molecule has 1 aliphatic rings. The van der Waals surface area contributed by atoms with Gasteiger partial charge in [-0.2, -0.15) is 0 Å². The second-order valence-electron chi connectivity index (χ2n) is 5.22. The number of carbonyl (C=O) groups is 2. The Hall–Kier alpha value is -2.18. The number of nitrogens with zero attached hydrogens (tertiary/aromatic N) is 3. The first-order valence-electron chi connectivity index (χ1n) is 6.91. The van der Waals surface area contributed by atoms with Gasteiger partial charge in [0.1, 0.15) is 5.82 Å². The van der Waals surface area contributed by atoms with E-state index in [9.17, 15) is 14.7 Å².